The first-order valence-electron chi connectivity index (χ1n) is 4.63. The van der Waals surface area contributed by atoms with E-state index in [-0.39, 0.29) is 0 Å². The number of hydrogen-bond acceptors (Lipinski definition) is 2. The average molecular weight is 173 g/mol. The zero-order valence-corrected chi connectivity index (χ0v) is 7.29. The molecule has 2 heteroatoms. The van der Waals surface area contributed by atoms with Gasteiger partial charge in [-0.05, 0) is 24.8 Å². The van der Waals surface area contributed by atoms with Gasteiger partial charge in [0.25, 0.3) is 0 Å². The molecule has 0 atom stereocenters. The highest BCUT2D eigenvalue weighted by atomic mass is 16.3. The van der Waals surface area contributed by atoms with Crippen molar-refractivity contribution in [1.29, 1.82) is 0 Å². The predicted octanol–water partition coefficient (Wildman–Crippen LogP) is 2.89. The molecule has 66 valence electrons. The molecule has 0 spiro atoms. The Bertz CT molecular complexity index is 454. The number of rotatable bonds is 1. The topological polar surface area (TPSA) is 39.2 Å². The van der Waals surface area contributed by atoms with Crippen LogP contribution in [-0.4, -0.2) is 0 Å². The van der Waals surface area contributed by atoms with E-state index in [0.717, 1.165) is 5.58 Å². The van der Waals surface area contributed by atoms with Gasteiger partial charge in [-0.2, -0.15) is 0 Å². The third-order valence-corrected chi connectivity index (χ3v) is 2.65. The van der Waals surface area contributed by atoms with Crippen LogP contribution in [0.3, 0.4) is 0 Å². The van der Waals surface area contributed by atoms with Crippen LogP contribution < -0.4 is 5.73 Å². The Labute approximate surface area is 76.3 Å². The summed E-state index contributed by atoms with van der Waals surface area (Å²) in [6.45, 7) is 0. The second kappa shape index (κ2) is 2.28. The first-order valence-corrected chi connectivity index (χ1v) is 4.63. The lowest BCUT2D eigenvalue weighted by molar-refractivity contribution is 0.633. The normalized spacial score (nSPS) is 16.6. The summed E-state index contributed by atoms with van der Waals surface area (Å²) >= 11 is 0. The van der Waals surface area contributed by atoms with E-state index in [1.807, 2.05) is 18.2 Å². The molecule has 1 heterocycles. The van der Waals surface area contributed by atoms with Gasteiger partial charge in [0.15, 0.2) is 5.88 Å². The molecule has 1 aliphatic carbocycles. The van der Waals surface area contributed by atoms with Gasteiger partial charge in [-0.25, -0.2) is 0 Å². The first-order chi connectivity index (χ1) is 6.36. The molecule has 0 aliphatic heterocycles. The highest BCUT2D eigenvalue weighted by molar-refractivity contribution is 5.86. The van der Waals surface area contributed by atoms with Gasteiger partial charge in [0.2, 0.25) is 0 Å². The summed E-state index contributed by atoms with van der Waals surface area (Å²) in [5, 5.41) is 1.20. The quantitative estimate of drug-likeness (QED) is 0.720. The van der Waals surface area contributed by atoms with Gasteiger partial charge < -0.3 is 10.2 Å². The van der Waals surface area contributed by atoms with Crippen molar-refractivity contribution in [2.24, 2.45) is 0 Å². The molecule has 2 nitrogen and oxygen atoms in total. The van der Waals surface area contributed by atoms with Crippen molar-refractivity contribution in [3.8, 4) is 0 Å². The summed E-state index contributed by atoms with van der Waals surface area (Å²) in [6, 6.07) is 8.06. The molecule has 0 amide bonds. The number of nitrogen functional groups attached to an aromatic ring is 1. The fourth-order valence-electron chi connectivity index (χ4n) is 1.88. The maximum atomic E-state index is 5.83. The van der Waals surface area contributed by atoms with E-state index in [1.165, 1.54) is 23.8 Å². The van der Waals surface area contributed by atoms with Crippen LogP contribution in [0.2, 0.25) is 0 Å². The number of furan rings is 1. The zero-order chi connectivity index (χ0) is 8.84. The van der Waals surface area contributed by atoms with Gasteiger partial charge in [0.05, 0.1) is 0 Å². The highest BCUT2D eigenvalue weighted by Gasteiger charge is 2.29. The van der Waals surface area contributed by atoms with Crippen molar-refractivity contribution >= 4 is 16.9 Å². The lowest BCUT2D eigenvalue weighted by Gasteiger charge is -1.93. The molecule has 2 N–H and O–H groups in total. The minimum absolute atomic E-state index is 0.615. The molecule has 1 aromatic heterocycles. The van der Waals surface area contributed by atoms with Crippen LogP contribution in [0.1, 0.15) is 24.3 Å². The average Bonchev–Trinajstić information content (AvgIpc) is 2.88. The number of anilines is 1. The van der Waals surface area contributed by atoms with E-state index < -0.39 is 0 Å². The van der Waals surface area contributed by atoms with E-state index in [0.29, 0.717) is 11.8 Å². The molecular weight excluding hydrogens is 162 g/mol. The smallest absolute Gasteiger partial charge is 0.195 e. The number of fused-ring (bicyclic) bond motifs is 1. The third-order valence-electron chi connectivity index (χ3n) is 2.65. The molecule has 13 heavy (non-hydrogen) atoms. The Balaban J connectivity index is 2.35. The molecule has 0 radical (unpaired) electrons. The predicted molar refractivity (Wildman–Crippen MR) is 52.6 cm³/mol. The third kappa shape index (κ3) is 0.949. The van der Waals surface area contributed by atoms with Crippen molar-refractivity contribution in [3.05, 3.63) is 29.8 Å². The number of benzene rings is 1. The lowest BCUT2D eigenvalue weighted by atomic mass is 10.1. The molecule has 0 unspecified atom stereocenters. The van der Waals surface area contributed by atoms with Gasteiger partial charge in [-0.1, -0.05) is 18.2 Å². The molecule has 2 aromatic rings. The SMILES string of the molecule is Nc1oc2ccccc2c1C1CC1. The van der Waals surface area contributed by atoms with E-state index in [1.54, 1.807) is 0 Å². The van der Waals surface area contributed by atoms with Crippen molar-refractivity contribution in [3.63, 3.8) is 0 Å². The van der Waals surface area contributed by atoms with Crippen LogP contribution in [0.15, 0.2) is 28.7 Å². The molecule has 1 fully saturated rings. The molecular formula is C11H11NO. The lowest BCUT2D eigenvalue weighted by Crippen LogP contribution is -1.86. The Morgan fingerprint density at radius 2 is 2.00 bits per heavy atom. The molecule has 1 saturated carbocycles. The van der Waals surface area contributed by atoms with E-state index in [9.17, 15) is 0 Å². The number of para-hydroxylation sites is 1. The fraction of sp³-hybridized carbons (Fsp3) is 0.273. The summed E-state index contributed by atoms with van der Waals surface area (Å²) in [5.41, 5.74) is 7.98. The Kier molecular flexibility index (Phi) is 1.23. The zero-order valence-electron chi connectivity index (χ0n) is 7.29. The van der Waals surface area contributed by atoms with E-state index in [2.05, 4.69) is 6.07 Å². The van der Waals surface area contributed by atoms with Crippen LogP contribution in [0.4, 0.5) is 5.88 Å². The van der Waals surface area contributed by atoms with E-state index >= 15 is 0 Å². The summed E-state index contributed by atoms with van der Waals surface area (Å²) in [4.78, 5) is 0. The van der Waals surface area contributed by atoms with Crippen LogP contribution in [0.25, 0.3) is 11.0 Å². The maximum Gasteiger partial charge on any atom is 0.195 e. The van der Waals surface area contributed by atoms with Gasteiger partial charge in [-0.3, -0.25) is 0 Å². The van der Waals surface area contributed by atoms with Crippen molar-refractivity contribution in [2.45, 2.75) is 18.8 Å². The number of nitrogens with two attached hydrogens (primary N) is 1. The van der Waals surface area contributed by atoms with Crippen LogP contribution in [0, 0.1) is 0 Å². The Morgan fingerprint density at radius 1 is 1.23 bits per heavy atom. The second-order valence-electron chi connectivity index (χ2n) is 3.65. The van der Waals surface area contributed by atoms with Crippen molar-refractivity contribution in [2.75, 3.05) is 5.73 Å². The second-order valence-corrected chi connectivity index (χ2v) is 3.65. The molecule has 3 rings (SSSR count). The standard InChI is InChI=1S/C11H11NO/c12-11-10(7-5-6-7)8-3-1-2-4-9(8)13-11/h1-4,7H,5-6,12H2. The Hall–Kier alpha value is -1.44. The van der Waals surface area contributed by atoms with Gasteiger partial charge in [0, 0.05) is 10.9 Å². The van der Waals surface area contributed by atoms with Crippen molar-refractivity contribution < 1.29 is 4.42 Å². The Morgan fingerprint density at radius 3 is 2.77 bits per heavy atom. The summed E-state index contributed by atoms with van der Waals surface area (Å²) in [5.74, 6) is 1.27. The molecule has 0 saturated heterocycles. The molecule has 1 aliphatic rings. The van der Waals surface area contributed by atoms with Crippen molar-refractivity contribution in [1.82, 2.24) is 0 Å². The number of hydrogen-bond donors (Lipinski definition) is 1. The van der Waals surface area contributed by atoms with Gasteiger partial charge >= 0.3 is 0 Å². The summed E-state index contributed by atoms with van der Waals surface area (Å²) in [6.07, 6.45) is 2.52. The molecule has 0 bridgehead atoms. The monoisotopic (exact) mass is 173 g/mol. The van der Waals surface area contributed by atoms with Gasteiger partial charge in [0.1, 0.15) is 5.58 Å². The van der Waals surface area contributed by atoms with Crippen LogP contribution in [-0.2, 0) is 0 Å². The fourth-order valence-corrected chi connectivity index (χ4v) is 1.88. The molecule has 1 aromatic carbocycles. The minimum Gasteiger partial charge on any atom is -0.441 e. The highest BCUT2D eigenvalue weighted by Crippen LogP contribution is 2.47. The van der Waals surface area contributed by atoms with E-state index in [4.69, 9.17) is 10.2 Å². The van der Waals surface area contributed by atoms with Crippen LogP contribution >= 0.6 is 0 Å². The largest absolute Gasteiger partial charge is 0.441 e. The van der Waals surface area contributed by atoms with Gasteiger partial charge in [-0.15, -0.1) is 0 Å². The maximum absolute atomic E-state index is 5.83. The van der Waals surface area contributed by atoms with Crippen LogP contribution in [0.5, 0.6) is 0 Å². The summed E-state index contributed by atoms with van der Waals surface area (Å²) < 4.78 is 5.48. The first kappa shape index (κ1) is 7.01. The minimum atomic E-state index is 0.615. The summed E-state index contributed by atoms with van der Waals surface area (Å²) in [7, 11) is 0.